The fourth-order valence-corrected chi connectivity index (χ4v) is 3.27. The van der Waals surface area contributed by atoms with Gasteiger partial charge in [-0.15, -0.1) is 0 Å². The largest absolute Gasteiger partial charge is 0.486 e. The number of alkyl halides is 2. The first-order valence-electron chi connectivity index (χ1n) is 7.43. The summed E-state index contributed by atoms with van der Waals surface area (Å²) in [4.78, 5) is 18.1. The molecule has 23 heavy (non-hydrogen) atoms. The van der Waals surface area contributed by atoms with Crippen LogP contribution in [-0.2, 0) is 4.79 Å². The normalized spacial score (nSPS) is 25.8. The van der Waals surface area contributed by atoms with Gasteiger partial charge in [-0.3, -0.25) is 9.78 Å². The average molecular weight is 321 g/mol. The van der Waals surface area contributed by atoms with Crippen LogP contribution in [0.2, 0.25) is 0 Å². The number of nitriles is 1. The van der Waals surface area contributed by atoms with Crippen LogP contribution in [0.4, 0.5) is 8.78 Å². The Labute approximate surface area is 132 Å². The van der Waals surface area contributed by atoms with Crippen LogP contribution in [-0.4, -0.2) is 34.9 Å². The number of nitrogens with zero attached hydrogens (tertiary/aromatic N) is 3. The number of halogens is 2. The number of fused-ring (bicyclic) bond motifs is 4. The highest BCUT2D eigenvalue weighted by Crippen LogP contribution is 2.49. The van der Waals surface area contributed by atoms with Crippen molar-refractivity contribution in [3.63, 3.8) is 0 Å². The highest BCUT2D eigenvalue weighted by molar-refractivity contribution is 5.83. The van der Waals surface area contributed by atoms with Gasteiger partial charge in [0.05, 0.1) is 12.6 Å². The zero-order valence-electron chi connectivity index (χ0n) is 13.1. The summed E-state index contributed by atoms with van der Waals surface area (Å²) in [5.41, 5.74) is -0.854. The minimum absolute atomic E-state index is 0.0457. The molecule has 0 N–H and O–H groups in total. The number of hydrogen-bond acceptors (Lipinski definition) is 4. The second-order valence-electron chi connectivity index (χ2n) is 6.66. The first-order valence-corrected chi connectivity index (χ1v) is 7.43. The second-order valence-corrected chi connectivity index (χ2v) is 6.66. The van der Waals surface area contributed by atoms with Crippen molar-refractivity contribution >= 4 is 5.91 Å². The number of aromatic nitrogens is 1. The smallest absolute Gasteiger partial charge is 0.252 e. The van der Waals surface area contributed by atoms with Crippen molar-refractivity contribution in [2.24, 2.45) is 11.3 Å². The molecule has 122 valence electrons. The lowest BCUT2D eigenvalue weighted by Gasteiger charge is -2.34. The molecule has 1 aromatic rings. The van der Waals surface area contributed by atoms with Crippen LogP contribution in [0.5, 0.6) is 5.75 Å². The van der Waals surface area contributed by atoms with Crippen LogP contribution >= 0.6 is 0 Å². The van der Waals surface area contributed by atoms with E-state index in [1.165, 1.54) is 24.9 Å². The SMILES string of the molecule is C[C@H]1C2c3cncc(C#N)c3O[C@H]1CN2C(=O)C(C)(C)C(F)F. The van der Waals surface area contributed by atoms with Crippen LogP contribution < -0.4 is 4.74 Å². The molecule has 0 radical (unpaired) electrons. The maximum Gasteiger partial charge on any atom is 0.252 e. The zero-order chi connectivity index (χ0) is 16.9. The summed E-state index contributed by atoms with van der Waals surface area (Å²) >= 11 is 0. The van der Waals surface area contributed by atoms with Crippen LogP contribution in [0.15, 0.2) is 12.4 Å². The number of amides is 1. The summed E-state index contributed by atoms with van der Waals surface area (Å²) in [6.07, 6.45) is -0.105. The fraction of sp³-hybridized carbons (Fsp3) is 0.562. The number of carbonyl (C=O) groups is 1. The van der Waals surface area contributed by atoms with Gasteiger partial charge in [0.1, 0.15) is 28.9 Å². The van der Waals surface area contributed by atoms with Crippen molar-refractivity contribution < 1.29 is 18.3 Å². The molecule has 7 heteroatoms. The van der Waals surface area contributed by atoms with E-state index in [-0.39, 0.29) is 18.6 Å². The highest BCUT2D eigenvalue weighted by atomic mass is 19.3. The molecule has 1 unspecified atom stereocenters. The quantitative estimate of drug-likeness (QED) is 0.839. The molecule has 0 saturated carbocycles. The Hall–Kier alpha value is -2.23. The molecule has 0 aromatic carbocycles. The molecule has 1 fully saturated rings. The zero-order valence-corrected chi connectivity index (χ0v) is 13.1. The van der Waals surface area contributed by atoms with Crippen molar-refractivity contribution in [2.45, 2.75) is 39.3 Å². The van der Waals surface area contributed by atoms with Crippen LogP contribution in [0, 0.1) is 22.7 Å². The van der Waals surface area contributed by atoms with E-state index in [1.54, 1.807) is 6.20 Å². The maximum atomic E-state index is 13.2. The minimum Gasteiger partial charge on any atom is -0.486 e. The molecule has 1 aromatic heterocycles. The van der Waals surface area contributed by atoms with Gasteiger partial charge in [0.2, 0.25) is 5.91 Å². The topological polar surface area (TPSA) is 66.2 Å². The maximum absolute atomic E-state index is 13.2. The summed E-state index contributed by atoms with van der Waals surface area (Å²) in [5.74, 6) is -0.234. The number of likely N-dealkylation sites (tertiary alicyclic amines) is 1. The number of pyridine rings is 1. The van der Waals surface area contributed by atoms with Crippen LogP contribution in [0.25, 0.3) is 0 Å². The molecule has 0 aliphatic carbocycles. The highest BCUT2D eigenvalue weighted by Gasteiger charge is 2.52. The molecule has 0 spiro atoms. The van der Waals surface area contributed by atoms with E-state index in [0.717, 1.165) is 0 Å². The van der Waals surface area contributed by atoms with Gasteiger partial charge in [0.15, 0.2) is 0 Å². The molecule has 2 bridgehead atoms. The van der Waals surface area contributed by atoms with Crippen molar-refractivity contribution in [2.75, 3.05) is 6.54 Å². The number of rotatable bonds is 2. The molecule has 1 saturated heterocycles. The second kappa shape index (κ2) is 5.15. The molecular weight excluding hydrogens is 304 g/mol. The molecule has 2 aliphatic heterocycles. The van der Waals surface area contributed by atoms with Gasteiger partial charge in [-0.1, -0.05) is 6.92 Å². The lowest BCUT2D eigenvalue weighted by Crippen LogP contribution is -2.44. The summed E-state index contributed by atoms with van der Waals surface area (Å²) in [6, 6.07) is 1.63. The van der Waals surface area contributed by atoms with E-state index in [4.69, 9.17) is 4.74 Å². The molecule has 3 atom stereocenters. The van der Waals surface area contributed by atoms with Crippen molar-refractivity contribution in [1.82, 2.24) is 9.88 Å². The lowest BCUT2D eigenvalue weighted by atomic mass is 9.88. The van der Waals surface area contributed by atoms with Gasteiger partial charge >= 0.3 is 0 Å². The molecule has 3 rings (SSSR count). The van der Waals surface area contributed by atoms with Gasteiger partial charge in [0, 0.05) is 23.9 Å². The molecule has 1 amide bonds. The summed E-state index contributed by atoms with van der Waals surface area (Å²) in [5, 5.41) is 9.18. The van der Waals surface area contributed by atoms with Crippen LogP contribution in [0.3, 0.4) is 0 Å². The third-order valence-electron chi connectivity index (χ3n) is 4.79. The van der Waals surface area contributed by atoms with E-state index < -0.39 is 23.8 Å². The third-order valence-corrected chi connectivity index (χ3v) is 4.79. The van der Waals surface area contributed by atoms with E-state index in [0.29, 0.717) is 16.9 Å². The van der Waals surface area contributed by atoms with Gasteiger partial charge in [-0.05, 0) is 13.8 Å². The Kier molecular flexibility index (Phi) is 3.51. The molecule has 3 heterocycles. The number of carbonyl (C=O) groups excluding carboxylic acids is 1. The molecule has 2 aliphatic rings. The molecular formula is C16H17F2N3O2. The van der Waals surface area contributed by atoms with Gasteiger partial charge in [-0.2, -0.15) is 5.26 Å². The van der Waals surface area contributed by atoms with E-state index >= 15 is 0 Å². The Morgan fingerprint density at radius 1 is 1.52 bits per heavy atom. The summed E-state index contributed by atoms with van der Waals surface area (Å²) in [6.45, 7) is 4.65. The minimum atomic E-state index is -2.75. The van der Waals surface area contributed by atoms with Gasteiger partial charge in [-0.25, -0.2) is 8.78 Å². The Balaban J connectivity index is 2.04. The average Bonchev–Trinajstić information content (AvgIpc) is 2.73. The van der Waals surface area contributed by atoms with E-state index in [1.807, 2.05) is 13.0 Å². The number of ether oxygens (including phenoxy) is 1. The fourth-order valence-electron chi connectivity index (χ4n) is 3.27. The predicted molar refractivity (Wildman–Crippen MR) is 76.8 cm³/mol. The summed E-state index contributed by atoms with van der Waals surface area (Å²) < 4.78 is 32.3. The number of hydrogen-bond donors (Lipinski definition) is 0. The predicted octanol–water partition coefficient (Wildman–Crippen LogP) is 2.52. The standard InChI is InChI=1S/C16H17F2N3O2/c1-8-11-7-21(15(22)16(2,3)14(17)18)12(8)10-6-20-5-9(4-19)13(10)23-11/h5-6,8,11-12,14H,7H2,1-3H3/t8-,11+,12?/m1/s1. The third kappa shape index (κ3) is 2.16. The monoisotopic (exact) mass is 321 g/mol. The van der Waals surface area contributed by atoms with E-state index in [9.17, 15) is 18.8 Å². The van der Waals surface area contributed by atoms with Gasteiger partial charge < -0.3 is 9.64 Å². The Bertz CT molecular complexity index is 699. The van der Waals surface area contributed by atoms with E-state index in [2.05, 4.69) is 4.98 Å². The first-order chi connectivity index (χ1) is 10.8. The van der Waals surface area contributed by atoms with Gasteiger partial charge in [0.25, 0.3) is 6.43 Å². The van der Waals surface area contributed by atoms with Crippen molar-refractivity contribution in [1.29, 1.82) is 5.26 Å². The molecule has 5 nitrogen and oxygen atoms in total. The first kappa shape index (κ1) is 15.7. The summed E-state index contributed by atoms with van der Waals surface area (Å²) in [7, 11) is 0. The lowest BCUT2D eigenvalue weighted by molar-refractivity contribution is -0.150. The van der Waals surface area contributed by atoms with Crippen molar-refractivity contribution in [3.8, 4) is 11.8 Å². The van der Waals surface area contributed by atoms with Crippen LogP contribution in [0.1, 0.15) is 37.9 Å². The Morgan fingerprint density at radius 2 is 2.22 bits per heavy atom. The Morgan fingerprint density at radius 3 is 2.83 bits per heavy atom. The van der Waals surface area contributed by atoms with Crippen molar-refractivity contribution in [3.05, 3.63) is 23.5 Å².